The van der Waals surface area contributed by atoms with Crippen molar-refractivity contribution in [2.45, 2.75) is 20.1 Å². The first-order valence-corrected chi connectivity index (χ1v) is 2.84. The Morgan fingerprint density at radius 1 is 1.70 bits per heavy atom. The highest BCUT2D eigenvalue weighted by Crippen LogP contribution is 2.00. The Bertz CT molecular complexity index is 161. The van der Waals surface area contributed by atoms with Gasteiger partial charge in [0.2, 0.25) is 0 Å². The molecule has 0 aliphatic carbocycles. The molecular weight excluding hydrogens is 138 g/mol. The number of alkyl halides is 1. The Morgan fingerprint density at radius 2 is 2.20 bits per heavy atom. The fourth-order valence-electron chi connectivity index (χ4n) is 0.449. The molecule has 0 saturated heterocycles. The average Bonchev–Trinajstić information content (AvgIpc) is 1.85. The summed E-state index contributed by atoms with van der Waals surface area (Å²) >= 11 is 0. The predicted molar refractivity (Wildman–Crippen MR) is 37.1 cm³/mol. The first-order valence-electron chi connectivity index (χ1n) is 2.84. The van der Waals surface area contributed by atoms with Crippen LogP contribution in [0.3, 0.4) is 0 Å². The Morgan fingerprint density at radius 3 is 2.50 bits per heavy atom. The Labute approximate surface area is 58.4 Å². The molecule has 0 fully saturated rings. The van der Waals surface area contributed by atoms with Gasteiger partial charge in [-0.05, 0) is 13.8 Å². The van der Waals surface area contributed by atoms with Gasteiger partial charge in [0.25, 0.3) is 0 Å². The van der Waals surface area contributed by atoms with E-state index in [0.29, 0.717) is 0 Å². The van der Waals surface area contributed by atoms with E-state index in [-0.39, 0.29) is 5.71 Å². The molecule has 1 unspecified atom stereocenters. The maximum atomic E-state index is 12.3. The maximum Gasteiger partial charge on any atom is 0.187 e. The highest BCUT2D eigenvalue weighted by atomic mass is 19.1. The van der Waals surface area contributed by atoms with Crippen LogP contribution in [0.2, 0.25) is 0 Å². The zero-order valence-electron chi connectivity index (χ0n) is 5.94. The molecule has 0 aromatic heterocycles. The van der Waals surface area contributed by atoms with Crippen molar-refractivity contribution in [1.82, 2.24) is 0 Å². The summed E-state index contributed by atoms with van der Waals surface area (Å²) in [5.74, 6) is -0.690. The minimum Gasteiger partial charge on any atom is -0.402 e. The minimum atomic E-state index is -1.38. The van der Waals surface area contributed by atoms with E-state index >= 15 is 0 Å². The van der Waals surface area contributed by atoms with Crippen LogP contribution in [0.4, 0.5) is 8.78 Å². The van der Waals surface area contributed by atoms with Gasteiger partial charge in [0, 0.05) is 6.20 Å². The summed E-state index contributed by atoms with van der Waals surface area (Å²) in [6.07, 6.45) is -0.632. The predicted octanol–water partition coefficient (Wildman–Crippen LogP) is 1.53. The molecule has 10 heavy (non-hydrogen) atoms. The molecule has 0 saturated carbocycles. The molecule has 0 radical (unpaired) electrons. The molecule has 2 nitrogen and oxygen atoms in total. The van der Waals surface area contributed by atoms with Gasteiger partial charge >= 0.3 is 0 Å². The van der Waals surface area contributed by atoms with Gasteiger partial charge in [0.1, 0.15) is 0 Å². The number of nitrogens with two attached hydrogens (primary N) is 1. The van der Waals surface area contributed by atoms with E-state index in [1.54, 1.807) is 0 Å². The normalized spacial score (nSPS) is 17.2. The molecular formula is C6H10F2N2. The van der Waals surface area contributed by atoms with Crippen molar-refractivity contribution in [3.63, 3.8) is 0 Å². The first kappa shape index (κ1) is 9.07. The number of hydrogen-bond acceptors (Lipinski definition) is 2. The van der Waals surface area contributed by atoms with Gasteiger partial charge in [-0.3, -0.25) is 4.99 Å². The monoisotopic (exact) mass is 148 g/mol. The third kappa shape index (κ3) is 3.17. The summed E-state index contributed by atoms with van der Waals surface area (Å²) < 4.78 is 24.4. The highest BCUT2D eigenvalue weighted by molar-refractivity contribution is 5.96. The van der Waals surface area contributed by atoms with Crippen LogP contribution in [0.5, 0.6) is 0 Å². The molecule has 2 N–H and O–H groups in total. The number of halogens is 2. The van der Waals surface area contributed by atoms with Crippen LogP contribution in [0.1, 0.15) is 13.8 Å². The Kier molecular flexibility index (Phi) is 3.61. The fourth-order valence-corrected chi connectivity index (χ4v) is 0.449. The summed E-state index contributed by atoms with van der Waals surface area (Å²) in [7, 11) is 0. The molecule has 0 aromatic rings. The van der Waals surface area contributed by atoms with Crippen molar-refractivity contribution in [2.75, 3.05) is 0 Å². The largest absolute Gasteiger partial charge is 0.402 e. The lowest BCUT2D eigenvalue weighted by Crippen LogP contribution is -1.99. The Balaban J connectivity index is 4.20. The van der Waals surface area contributed by atoms with E-state index in [1.165, 1.54) is 13.8 Å². The molecule has 0 aliphatic rings. The number of rotatable bonds is 2. The Hall–Kier alpha value is -0.930. The van der Waals surface area contributed by atoms with Crippen LogP contribution in [-0.2, 0) is 0 Å². The molecule has 0 rings (SSSR count). The zero-order valence-corrected chi connectivity index (χ0v) is 5.94. The molecule has 4 heteroatoms. The van der Waals surface area contributed by atoms with E-state index in [0.717, 1.165) is 6.20 Å². The van der Waals surface area contributed by atoms with E-state index in [1.807, 2.05) is 0 Å². The average molecular weight is 148 g/mol. The number of aliphatic imine (C=N–C) groups is 1. The van der Waals surface area contributed by atoms with Crippen molar-refractivity contribution in [1.29, 1.82) is 0 Å². The molecule has 1 atom stereocenters. The summed E-state index contributed by atoms with van der Waals surface area (Å²) in [5.41, 5.74) is 4.79. The van der Waals surface area contributed by atoms with Gasteiger partial charge < -0.3 is 5.73 Å². The summed E-state index contributed by atoms with van der Waals surface area (Å²) in [4.78, 5) is 3.27. The van der Waals surface area contributed by atoms with Crippen molar-refractivity contribution < 1.29 is 8.78 Å². The van der Waals surface area contributed by atoms with Gasteiger partial charge in [0.05, 0.1) is 5.71 Å². The van der Waals surface area contributed by atoms with E-state index < -0.39 is 12.1 Å². The van der Waals surface area contributed by atoms with Crippen molar-refractivity contribution in [3.05, 3.63) is 12.0 Å². The minimum absolute atomic E-state index is 0.0162. The molecule has 0 aliphatic heterocycles. The molecule has 0 amide bonds. The van der Waals surface area contributed by atoms with Gasteiger partial charge in [-0.2, -0.15) is 0 Å². The van der Waals surface area contributed by atoms with Crippen LogP contribution in [0.15, 0.2) is 17.0 Å². The second-order valence-electron chi connectivity index (χ2n) is 1.80. The topological polar surface area (TPSA) is 38.4 Å². The zero-order chi connectivity index (χ0) is 8.15. The van der Waals surface area contributed by atoms with Crippen LogP contribution >= 0.6 is 0 Å². The second kappa shape index (κ2) is 3.98. The van der Waals surface area contributed by atoms with Crippen LogP contribution in [0.25, 0.3) is 0 Å². The molecule has 0 spiro atoms. The van der Waals surface area contributed by atoms with Gasteiger partial charge in [-0.25, -0.2) is 8.78 Å². The third-order valence-electron chi connectivity index (χ3n) is 0.864. The van der Waals surface area contributed by atoms with Gasteiger partial charge in [0.15, 0.2) is 12.1 Å². The molecule has 0 bridgehead atoms. The standard InChI is InChI=1S/C6H10F2N2/c1-4(6(8)3-9)10-5(2)7/h3,5H,9H2,1-2H3/b6-3+,10-4-. The lowest BCUT2D eigenvalue weighted by atomic mass is 10.4. The number of hydrogen-bond donors (Lipinski definition) is 1. The quantitative estimate of drug-likeness (QED) is 0.468. The smallest absolute Gasteiger partial charge is 0.187 e. The second-order valence-corrected chi connectivity index (χ2v) is 1.80. The van der Waals surface area contributed by atoms with Crippen LogP contribution in [-0.4, -0.2) is 12.0 Å². The number of nitrogens with zero attached hydrogens (tertiary/aromatic N) is 1. The van der Waals surface area contributed by atoms with Gasteiger partial charge in [-0.15, -0.1) is 0 Å². The molecule has 0 heterocycles. The lowest BCUT2D eigenvalue weighted by Gasteiger charge is -1.96. The summed E-state index contributed by atoms with van der Waals surface area (Å²) in [5, 5.41) is 0. The summed E-state index contributed by atoms with van der Waals surface area (Å²) in [6.45, 7) is 2.57. The highest BCUT2D eigenvalue weighted by Gasteiger charge is 2.00. The van der Waals surface area contributed by atoms with E-state index in [9.17, 15) is 8.78 Å². The summed E-state index contributed by atoms with van der Waals surface area (Å²) in [6, 6.07) is 0. The SMILES string of the molecule is CC(=N/C(C)F)/C(F)=C\N. The first-order chi connectivity index (χ1) is 4.57. The van der Waals surface area contributed by atoms with Gasteiger partial charge in [-0.1, -0.05) is 0 Å². The lowest BCUT2D eigenvalue weighted by molar-refractivity contribution is 0.376. The molecule has 0 aromatic carbocycles. The van der Waals surface area contributed by atoms with E-state index in [4.69, 9.17) is 5.73 Å². The van der Waals surface area contributed by atoms with Crippen LogP contribution < -0.4 is 5.73 Å². The van der Waals surface area contributed by atoms with Crippen molar-refractivity contribution >= 4 is 5.71 Å². The third-order valence-corrected chi connectivity index (χ3v) is 0.864. The van der Waals surface area contributed by atoms with Crippen molar-refractivity contribution in [3.8, 4) is 0 Å². The maximum absolute atomic E-state index is 12.3. The molecule has 58 valence electrons. The van der Waals surface area contributed by atoms with Crippen molar-refractivity contribution in [2.24, 2.45) is 10.7 Å². The number of allylic oxidation sites excluding steroid dienone is 1. The van der Waals surface area contributed by atoms with Crippen LogP contribution in [0, 0.1) is 0 Å². The fraction of sp³-hybridized carbons (Fsp3) is 0.500. The van der Waals surface area contributed by atoms with E-state index in [2.05, 4.69) is 4.99 Å².